The summed E-state index contributed by atoms with van der Waals surface area (Å²) in [5.41, 5.74) is 0. The number of anilines is 1. The van der Waals surface area contributed by atoms with Crippen molar-refractivity contribution in [2.75, 3.05) is 31.5 Å². The van der Waals surface area contributed by atoms with Gasteiger partial charge >= 0.3 is 0 Å². The van der Waals surface area contributed by atoms with Gasteiger partial charge < -0.3 is 16.0 Å². The average Bonchev–Trinajstić information content (AvgIpc) is 2.54. The van der Waals surface area contributed by atoms with Crippen LogP contribution in [0.1, 0.15) is 32.1 Å². The highest BCUT2D eigenvalue weighted by Gasteiger charge is 2.14. The molecule has 3 N–H and O–H groups in total. The maximum absolute atomic E-state index is 11.8. The van der Waals surface area contributed by atoms with E-state index in [1.165, 1.54) is 12.8 Å². The van der Waals surface area contributed by atoms with Crippen molar-refractivity contribution in [3.05, 3.63) is 24.4 Å². The van der Waals surface area contributed by atoms with Crippen molar-refractivity contribution in [2.24, 2.45) is 5.92 Å². The molecule has 0 aliphatic carbocycles. The number of piperidine rings is 1. The first-order chi connectivity index (χ1) is 10.3. The summed E-state index contributed by atoms with van der Waals surface area (Å²) in [7, 11) is 0. The van der Waals surface area contributed by atoms with E-state index >= 15 is 0 Å². The normalized spacial score (nSPS) is 15.6. The molecule has 0 unspecified atom stereocenters. The Bertz CT molecular complexity index is 404. The summed E-state index contributed by atoms with van der Waals surface area (Å²) in [5, 5.41) is 9.58. The highest BCUT2D eigenvalue weighted by atomic mass is 16.1. The van der Waals surface area contributed by atoms with Gasteiger partial charge in [0, 0.05) is 25.7 Å². The van der Waals surface area contributed by atoms with Gasteiger partial charge in [0.2, 0.25) is 5.91 Å². The third-order valence-corrected chi connectivity index (χ3v) is 3.89. The molecule has 1 aromatic rings. The maximum atomic E-state index is 11.8. The van der Waals surface area contributed by atoms with Crippen molar-refractivity contribution in [3.8, 4) is 0 Å². The first kappa shape index (κ1) is 15.8. The molecule has 1 aromatic heterocycles. The molecule has 0 aromatic carbocycles. The monoisotopic (exact) mass is 290 g/mol. The number of carbonyl (C=O) groups is 1. The number of amides is 1. The molecule has 0 bridgehead atoms. The van der Waals surface area contributed by atoms with Crippen LogP contribution in [-0.2, 0) is 4.79 Å². The van der Waals surface area contributed by atoms with E-state index in [2.05, 4.69) is 20.9 Å². The molecule has 21 heavy (non-hydrogen) atoms. The number of rotatable bonds is 8. The van der Waals surface area contributed by atoms with Crippen LogP contribution in [0.25, 0.3) is 0 Å². The maximum Gasteiger partial charge on any atom is 0.220 e. The molecule has 0 saturated carbocycles. The van der Waals surface area contributed by atoms with Crippen molar-refractivity contribution in [2.45, 2.75) is 32.1 Å². The van der Waals surface area contributed by atoms with Crippen LogP contribution in [-0.4, -0.2) is 37.1 Å². The third kappa shape index (κ3) is 6.58. The lowest BCUT2D eigenvalue weighted by Crippen LogP contribution is -2.30. The van der Waals surface area contributed by atoms with Crippen LogP contribution < -0.4 is 16.0 Å². The molecule has 1 amide bonds. The quantitative estimate of drug-likeness (QED) is 0.639. The van der Waals surface area contributed by atoms with E-state index in [4.69, 9.17) is 0 Å². The van der Waals surface area contributed by atoms with Crippen LogP contribution in [0.2, 0.25) is 0 Å². The number of pyridine rings is 1. The number of hydrogen-bond donors (Lipinski definition) is 3. The van der Waals surface area contributed by atoms with Crippen LogP contribution in [0, 0.1) is 5.92 Å². The summed E-state index contributed by atoms with van der Waals surface area (Å²) in [4.78, 5) is 15.9. The lowest BCUT2D eigenvalue weighted by atomic mass is 9.93. The molecule has 0 spiro atoms. The lowest BCUT2D eigenvalue weighted by Gasteiger charge is -2.22. The van der Waals surface area contributed by atoms with Crippen LogP contribution >= 0.6 is 0 Å². The standard InChI is InChI=1S/C16H26N4O/c21-16(6-5-14-7-12-17-13-8-14)20-11-3-10-19-15-4-1-2-9-18-15/h1-2,4,9,14,17H,3,5-8,10-13H2,(H,18,19)(H,20,21). The molecule has 1 fully saturated rings. The molecule has 1 aliphatic rings. The number of carbonyl (C=O) groups excluding carboxylic acids is 1. The fourth-order valence-corrected chi connectivity index (χ4v) is 2.59. The molecule has 2 rings (SSSR count). The fraction of sp³-hybridized carbons (Fsp3) is 0.625. The predicted octanol–water partition coefficient (Wildman–Crippen LogP) is 1.78. The molecule has 1 aliphatic heterocycles. The van der Waals surface area contributed by atoms with Gasteiger partial charge in [-0.1, -0.05) is 6.07 Å². The van der Waals surface area contributed by atoms with E-state index in [1.807, 2.05) is 18.2 Å². The Kier molecular flexibility index (Phi) is 7.01. The Morgan fingerprint density at radius 1 is 1.29 bits per heavy atom. The number of hydrogen-bond acceptors (Lipinski definition) is 4. The highest BCUT2D eigenvalue weighted by molar-refractivity contribution is 5.75. The van der Waals surface area contributed by atoms with Crippen LogP contribution in [0.3, 0.4) is 0 Å². The van der Waals surface area contributed by atoms with Gasteiger partial charge in [0.25, 0.3) is 0 Å². The minimum absolute atomic E-state index is 0.186. The number of nitrogens with zero attached hydrogens (tertiary/aromatic N) is 1. The van der Waals surface area contributed by atoms with Crippen LogP contribution in [0.15, 0.2) is 24.4 Å². The van der Waals surface area contributed by atoms with E-state index in [0.717, 1.165) is 50.8 Å². The Balaban J connectivity index is 1.47. The Labute approximate surface area is 126 Å². The van der Waals surface area contributed by atoms with Crippen molar-refractivity contribution in [1.29, 1.82) is 0 Å². The summed E-state index contributed by atoms with van der Waals surface area (Å²) in [6.07, 6.45) is 6.79. The van der Waals surface area contributed by atoms with Gasteiger partial charge in [-0.3, -0.25) is 4.79 Å². The van der Waals surface area contributed by atoms with E-state index in [-0.39, 0.29) is 5.91 Å². The largest absolute Gasteiger partial charge is 0.370 e. The minimum atomic E-state index is 0.186. The molecule has 2 heterocycles. The smallest absolute Gasteiger partial charge is 0.220 e. The molecule has 116 valence electrons. The molecule has 5 heteroatoms. The Hall–Kier alpha value is -1.62. The van der Waals surface area contributed by atoms with Crippen LogP contribution in [0.5, 0.6) is 0 Å². The zero-order valence-electron chi connectivity index (χ0n) is 12.6. The van der Waals surface area contributed by atoms with Crippen LogP contribution in [0.4, 0.5) is 5.82 Å². The van der Waals surface area contributed by atoms with E-state index in [0.29, 0.717) is 6.42 Å². The summed E-state index contributed by atoms with van der Waals surface area (Å²) in [6.45, 7) is 3.76. The second-order valence-corrected chi connectivity index (χ2v) is 5.58. The van der Waals surface area contributed by atoms with Gasteiger partial charge in [-0.15, -0.1) is 0 Å². The fourth-order valence-electron chi connectivity index (χ4n) is 2.59. The van der Waals surface area contributed by atoms with E-state index < -0.39 is 0 Å². The minimum Gasteiger partial charge on any atom is -0.370 e. The Morgan fingerprint density at radius 2 is 2.14 bits per heavy atom. The van der Waals surface area contributed by atoms with Crippen molar-refractivity contribution < 1.29 is 4.79 Å². The lowest BCUT2D eigenvalue weighted by molar-refractivity contribution is -0.121. The second kappa shape index (κ2) is 9.34. The molecular formula is C16H26N4O. The first-order valence-electron chi connectivity index (χ1n) is 7.97. The zero-order chi connectivity index (χ0) is 14.8. The summed E-state index contributed by atoms with van der Waals surface area (Å²) < 4.78 is 0. The topological polar surface area (TPSA) is 66.1 Å². The molecule has 0 atom stereocenters. The number of nitrogens with one attached hydrogen (secondary N) is 3. The van der Waals surface area contributed by atoms with Gasteiger partial charge in [-0.2, -0.15) is 0 Å². The predicted molar refractivity (Wildman–Crippen MR) is 85.2 cm³/mol. The summed E-state index contributed by atoms with van der Waals surface area (Å²) >= 11 is 0. The van der Waals surface area contributed by atoms with Gasteiger partial charge in [0.05, 0.1) is 0 Å². The SMILES string of the molecule is O=C(CCC1CCNCC1)NCCCNc1ccccn1. The van der Waals surface area contributed by atoms with E-state index in [9.17, 15) is 4.79 Å². The van der Waals surface area contributed by atoms with Gasteiger partial charge in [-0.05, 0) is 56.8 Å². The molecular weight excluding hydrogens is 264 g/mol. The number of aromatic nitrogens is 1. The zero-order valence-corrected chi connectivity index (χ0v) is 12.6. The average molecular weight is 290 g/mol. The van der Waals surface area contributed by atoms with Crippen molar-refractivity contribution >= 4 is 11.7 Å². The van der Waals surface area contributed by atoms with Gasteiger partial charge in [0.15, 0.2) is 0 Å². The summed E-state index contributed by atoms with van der Waals surface area (Å²) in [5.74, 6) is 1.80. The molecule has 1 saturated heterocycles. The highest BCUT2D eigenvalue weighted by Crippen LogP contribution is 2.17. The molecule has 5 nitrogen and oxygen atoms in total. The van der Waals surface area contributed by atoms with Crippen molar-refractivity contribution in [3.63, 3.8) is 0 Å². The van der Waals surface area contributed by atoms with Gasteiger partial charge in [-0.25, -0.2) is 4.98 Å². The van der Waals surface area contributed by atoms with E-state index in [1.54, 1.807) is 6.20 Å². The Morgan fingerprint density at radius 3 is 2.90 bits per heavy atom. The summed E-state index contributed by atoms with van der Waals surface area (Å²) in [6, 6.07) is 5.79. The second-order valence-electron chi connectivity index (χ2n) is 5.58. The van der Waals surface area contributed by atoms with Crippen molar-refractivity contribution in [1.82, 2.24) is 15.6 Å². The van der Waals surface area contributed by atoms with Gasteiger partial charge in [0.1, 0.15) is 5.82 Å². The molecule has 0 radical (unpaired) electrons. The third-order valence-electron chi connectivity index (χ3n) is 3.89. The first-order valence-corrected chi connectivity index (χ1v) is 7.97.